The Bertz CT molecular complexity index is 803. The number of anilines is 2. The number of carbonyl (C=O) groups is 2. The molecule has 2 N–H and O–H groups in total. The van der Waals surface area contributed by atoms with Gasteiger partial charge in [-0.3, -0.25) is 9.59 Å². The van der Waals surface area contributed by atoms with E-state index in [4.69, 9.17) is 9.47 Å². The normalized spacial score (nSPS) is 13.7. The van der Waals surface area contributed by atoms with Crippen LogP contribution in [0.2, 0.25) is 0 Å². The third-order valence-electron chi connectivity index (χ3n) is 4.24. The molecule has 1 aliphatic rings. The van der Waals surface area contributed by atoms with Crippen LogP contribution in [-0.4, -0.2) is 56.7 Å². The van der Waals surface area contributed by atoms with Gasteiger partial charge in [-0.1, -0.05) is 18.2 Å². The standard InChI is InChI=1S/C20H23N3O4/c1-26-18-8-3-2-7-17(18)22-19(24)14-21-16-6-4-5-15(13-16)20(25)23-9-11-27-12-10-23/h2-8,13,21H,9-12,14H2,1H3,(H,22,24). The highest BCUT2D eigenvalue weighted by molar-refractivity contribution is 5.96. The molecule has 2 aromatic carbocycles. The molecule has 2 aromatic rings. The second kappa shape index (κ2) is 9.05. The topological polar surface area (TPSA) is 79.9 Å². The van der Waals surface area contributed by atoms with Crippen LogP contribution in [0, 0.1) is 0 Å². The van der Waals surface area contributed by atoms with E-state index < -0.39 is 0 Å². The van der Waals surface area contributed by atoms with Crippen molar-refractivity contribution in [2.24, 2.45) is 0 Å². The lowest BCUT2D eigenvalue weighted by molar-refractivity contribution is -0.114. The largest absolute Gasteiger partial charge is 0.495 e. The van der Waals surface area contributed by atoms with Crippen molar-refractivity contribution in [2.45, 2.75) is 0 Å². The minimum Gasteiger partial charge on any atom is -0.495 e. The number of nitrogens with one attached hydrogen (secondary N) is 2. The number of hydrogen-bond donors (Lipinski definition) is 2. The van der Waals surface area contributed by atoms with E-state index in [9.17, 15) is 9.59 Å². The Hall–Kier alpha value is -3.06. The van der Waals surface area contributed by atoms with Gasteiger partial charge in [-0.15, -0.1) is 0 Å². The number of para-hydroxylation sites is 2. The van der Waals surface area contributed by atoms with Crippen LogP contribution in [0.5, 0.6) is 5.75 Å². The van der Waals surface area contributed by atoms with E-state index in [1.807, 2.05) is 18.2 Å². The van der Waals surface area contributed by atoms with Crippen LogP contribution in [-0.2, 0) is 9.53 Å². The zero-order chi connectivity index (χ0) is 19.1. The molecule has 142 valence electrons. The minimum atomic E-state index is -0.204. The number of ether oxygens (including phenoxy) is 2. The molecule has 0 radical (unpaired) electrons. The summed E-state index contributed by atoms with van der Waals surface area (Å²) in [5.74, 6) is 0.369. The molecule has 1 saturated heterocycles. The van der Waals surface area contributed by atoms with Gasteiger partial charge in [0.15, 0.2) is 0 Å². The van der Waals surface area contributed by atoms with Gasteiger partial charge in [-0.2, -0.15) is 0 Å². The summed E-state index contributed by atoms with van der Waals surface area (Å²) in [4.78, 5) is 26.5. The first kappa shape index (κ1) is 18.7. The van der Waals surface area contributed by atoms with Crippen LogP contribution < -0.4 is 15.4 Å². The van der Waals surface area contributed by atoms with E-state index in [1.165, 1.54) is 0 Å². The SMILES string of the molecule is COc1ccccc1NC(=O)CNc1cccc(C(=O)N2CCOCC2)c1. The Morgan fingerprint density at radius 1 is 1.11 bits per heavy atom. The van der Waals surface area contributed by atoms with Crippen molar-refractivity contribution in [3.05, 3.63) is 54.1 Å². The summed E-state index contributed by atoms with van der Waals surface area (Å²) in [5, 5.41) is 5.86. The maximum atomic E-state index is 12.6. The first-order valence-corrected chi connectivity index (χ1v) is 8.81. The van der Waals surface area contributed by atoms with Crippen molar-refractivity contribution in [2.75, 3.05) is 50.6 Å². The molecule has 0 aromatic heterocycles. The summed E-state index contributed by atoms with van der Waals surface area (Å²) in [6.07, 6.45) is 0. The lowest BCUT2D eigenvalue weighted by atomic mass is 10.1. The van der Waals surface area contributed by atoms with Crippen LogP contribution in [0.1, 0.15) is 10.4 Å². The van der Waals surface area contributed by atoms with Crippen LogP contribution in [0.3, 0.4) is 0 Å². The second-order valence-corrected chi connectivity index (χ2v) is 6.09. The monoisotopic (exact) mass is 369 g/mol. The van der Waals surface area contributed by atoms with Crippen molar-refractivity contribution in [1.82, 2.24) is 4.90 Å². The summed E-state index contributed by atoms with van der Waals surface area (Å²) >= 11 is 0. The number of nitrogens with zero attached hydrogens (tertiary/aromatic N) is 1. The van der Waals surface area contributed by atoms with E-state index in [1.54, 1.807) is 42.3 Å². The molecular formula is C20H23N3O4. The first-order valence-electron chi connectivity index (χ1n) is 8.81. The second-order valence-electron chi connectivity index (χ2n) is 6.09. The van der Waals surface area contributed by atoms with Gasteiger partial charge >= 0.3 is 0 Å². The molecule has 0 aliphatic carbocycles. The van der Waals surface area contributed by atoms with Gasteiger partial charge in [0.25, 0.3) is 5.91 Å². The molecule has 0 spiro atoms. The van der Waals surface area contributed by atoms with E-state index in [-0.39, 0.29) is 18.4 Å². The van der Waals surface area contributed by atoms with E-state index >= 15 is 0 Å². The number of amides is 2. The van der Waals surface area contributed by atoms with Gasteiger partial charge in [0, 0.05) is 24.3 Å². The number of methoxy groups -OCH3 is 1. The zero-order valence-electron chi connectivity index (χ0n) is 15.2. The molecular weight excluding hydrogens is 346 g/mol. The number of hydrogen-bond acceptors (Lipinski definition) is 5. The molecule has 3 rings (SSSR count). The Morgan fingerprint density at radius 3 is 2.67 bits per heavy atom. The van der Waals surface area contributed by atoms with Gasteiger partial charge in [-0.25, -0.2) is 0 Å². The van der Waals surface area contributed by atoms with Crippen LogP contribution in [0.4, 0.5) is 11.4 Å². The summed E-state index contributed by atoms with van der Waals surface area (Å²) in [6, 6.07) is 14.4. The number of carbonyl (C=O) groups excluding carboxylic acids is 2. The average Bonchev–Trinajstić information content (AvgIpc) is 2.73. The van der Waals surface area contributed by atoms with E-state index in [0.29, 0.717) is 49.0 Å². The van der Waals surface area contributed by atoms with E-state index in [0.717, 1.165) is 0 Å². The zero-order valence-corrected chi connectivity index (χ0v) is 15.2. The lowest BCUT2D eigenvalue weighted by Gasteiger charge is -2.27. The average molecular weight is 369 g/mol. The van der Waals surface area contributed by atoms with Crippen LogP contribution >= 0.6 is 0 Å². The van der Waals surface area contributed by atoms with Gasteiger partial charge in [0.1, 0.15) is 5.75 Å². The maximum absolute atomic E-state index is 12.6. The Kier molecular flexibility index (Phi) is 6.27. The summed E-state index contributed by atoms with van der Waals surface area (Å²) in [6.45, 7) is 2.39. The molecule has 0 saturated carbocycles. The molecule has 27 heavy (non-hydrogen) atoms. The Morgan fingerprint density at radius 2 is 1.89 bits per heavy atom. The highest BCUT2D eigenvalue weighted by Gasteiger charge is 2.18. The van der Waals surface area contributed by atoms with Gasteiger partial charge < -0.3 is 25.0 Å². The molecule has 7 nitrogen and oxygen atoms in total. The number of benzene rings is 2. The van der Waals surface area contributed by atoms with Crippen molar-refractivity contribution in [3.8, 4) is 5.75 Å². The fourth-order valence-corrected chi connectivity index (χ4v) is 2.84. The number of morpholine rings is 1. The van der Waals surface area contributed by atoms with Crippen molar-refractivity contribution < 1.29 is 19.1 Å². The molecule has 1 fully saturated rings. The Balaban J connectivity index is 1.58. The fourth-order valence-electron chi connectivity index (χ4n) is 2.84. The van der Waals surface area contributed by atoms with Gasteiger partial charge in [-0.05, 0) is 30.3 Å². The molecule has 0 unspecified atom stereocenters. The summed E-state index contributed by atoms with van der Waals surface area (Å²) in [7, 11) is 1.56. The van der Waals surface area contributed by atoms with E-state index in [2.05, 4.69) is 10.6 Å². The third-order valence-corrected chi connectivity index (χ3v) is 4.24. The Labute approximate surface area is 158 Å². The molecule has 1 heterocycles. The summed E-state index contributed by atoms with van der Waals surface area (Å²) in [5.41, 5.74) is 1.92. The lowest BCUT2D eigenvalue weighted by Crippen LogP contribution is -2.40. The smallest absolute Gasteiger partial charge is 0.254 e. The van der Waals surface area contributed by atoms with Crippen LogP contribution in [0.25, 0.3) is 0 Å². The first-order chi connectivity index (χ1) is 13.2. The minimum absolute atomic E-state index is 0.0274. The predicted octanol–water partition coefficient (Wildman–Crippen LogP) is 2.22. The quantitative estimate of drug-likeness (QED) is 0.816. The maximum Gasteiger partial charge on any atom is 0.254 e. The summed E-state index contributed by atoms with van der Waals surface area (Å²) < 4.78 is 10.5. The fraction of sp³-hybridized carbons (Fsp3) is 0.300. The van der Waals surface area contributed by atoms with Gasteiger partial charge in [0.2, 0.25) is 5.91 Å². The highest BCUT2D eigenvalue weighted by atomic mass is 16.5. The number of rotatable bonds is 6. The molecule has 0 bridgehead atoms. The molecule has 2 amide bonds. The van der Waals surface area contributed by atoms with Crippen molar-refractivity contribution >= 4 is 23.2 Å². The highest BCUT2D eigenvalue weighted by Crippen LogP contribution is 2.22. The third kappa shape index (κ3) is 4.98. The molecule has 1 aliphatic heterocycles. The van der Waals surface area contributed by atoms with Gasteiger partial charge in [0.05, 0.1) is 32.6 Å². The van der Waals surface area contributed by atoms with Crippen molar-refractivity contribution in [1.29, 1.82) is 0 Å². The predicted molar refractivity (Wildman–Crippen MR) is 103 cm³/mol. The molecule has 0 atom stereocenters. The molecule has 7 heteroatoms. The van der Waals surface area contributed by atoms with Crippen LogP contribution in [0.15, 0.2) is 48.5 Å². The van der Waals surface area contributed by atoms with Crippen molar-refractivity contribution in [3.63, 3.8) is 0 Å².